The smallest absolute Gasteiger partial charge is 0.266 e. The number of thioether (sulfide) groups is 1. The van der Waals surface area contributed by atoms with Gasteiger partial charge in [-0.15, -0.1) is 0 Å². The number of thiazole rings is 1. The number of fused-ring (bicyclic) bond motifs is 6. The summed E-state index contributed by atoms with van der Waals surface area (Å²) in [5.74, 6) is 0. The molecule has 7 rings (SSSR count). The van der Waals surface area contributed by atoms with E-state index in [0.717, 1.165) is 48.8 Å². The number of benzene rings is 2. The van der Waals surface area contributed by atoms with Gasteiger partial charge in [0.25, 0.3) is 5.01 Å². The highest BCUT2D eigenvalue weighted by Crippen LogP contribution is 2.53. The van der Waals surface area contributed by atoms with E-state index in [4.69, 9.17) is 23.2 Å². The van der Waals surface area contributed by atoms with Gasteiger partial charge in [-0.25, -0.2) is 0 Å². The van der Waals surface area contributed by atoms with Crippen molar-refractivity contribution in [1.82, 2.24) is 0 Å². The molecule has 6 heteroatoms. The lowest BCUT2D eigenvalue weighted by molar-refractivity contribution is -0.659. The molecule has 0 unspecified atom stereocenters. The van der Waals surface area contributed by atoms with Crippen LogP contribution in [0.15, 0.2) is 69.1 Å². The van der Waals surface area contributed by atoms with Crippen molar-refractivity contribution < 1.29 is 4.57 Å². The van der Waals surface area contributed by atoms with Gasteiger partial charge in [-0.3, -0.25) is 0 Å². The number of halogens is 2. The van der Waals surface area contributed by atoms with Crippen molar-refractivity contribution in [3.8, 4) is 0 Å². The van der Waals surface area contributed by atoms with Crippen LogP contribution in [0.4, 0.5) is 5.69 Å². The predicted octanol–water partition coefficient (Wildman–Crippen LogP) is 7.60. The maximum atomic E-state index is 6.27. The van der Waals surface area contributed by atoms with Crippen molar-refractivity contribution in [2.45, 2.75) is 37.1 Å². The van der Waals surface area contributed by atoms with Gasteiger partial charge in [0.05, 0.1) is 10.7 Å². The first-order valence-corrected chi connectivity index (χ1v) is 13.1. The van der Waals surface area contributed by atoms with E-state index in [2.05, 4.69) is 39.8 Å². The summed E-state index contributed by atoms with van der Waals surface area (Å²) in [5, 5.41) is 4.49. The summed E-state index contributed by atoms with van der Waals surface area (Å²) in [5.41, 5.74) is 8.72. The third-order valence-corrected chi connectivity index (χ3v) is 9.72. The molecule has 0 bridgehead atoms. The maximum absolute atomic E-state index is 6.27. The number of nitrogens with zero attached hydrogens (tertiary/aromatic N) is 2. The average molecular weight is 482 g/mol. The van der Waals surface area contributed by atoms with Gasteiger partial charge in [-0.05, 0) is 66.3 Å². The Hall–Kier alpha value is -1.72. The molecule has 154 valence electrons. The van der Waals surface area contributed by atoms with Gasteiger partial charge < -0.3 is 4.90 Å². The standard InChI is InChI=1S/C25H19Cl2N2S2/c26-16-3-5-22-20(12-16)28-9-7-18(24(28)30-22)14-1-2-15(11-14)19-8-10-29-21-13-17(27)4-6-23(21)31-25(19)29/h3-6,11-13H,1-2,7-10H2/q+1. The molecule has 0 radical (unpaired) electrons. The third kappa shape index (κ3) is 2.82. The first-order valence-electron chi connectivity index (χ1n) is 10.7. The highest BCUT2D eigenvalue weighted by atomic mass is 35.5. The molecule has 1 aliphatic carbocycles. The Kier molecular flexibility index (Phi) is 4.18. The van der Waals surface area contributed by atoms with Crippen LogP contribution in [0.1, 0.15) is 30.7 Å². The van der Waals surface area contributed by atoms with E-state index in [9.17, 15) is 0 Å². The van der Waals surface area contributed by atoms with Gasteiger partial charge in [0.15, 0.2) is 6.54 Å². The second-order valence-electron chi connectivity index (χ2n) is 8.49. The van der Waals surface area contributed by atoms with Gasteiger partial charge >= 0.3 is 0 Å². The Labute approximate surface area is 199 Å². The minimum absolute atomic E-state index is 0.820. The Morgan fingerprint density at radius 1 is 0.903 bits per heavy atom. The maximum Gasteiger partial charge on any atom is 0.266 e. The Bertz CT molecular complexity index is 1400. The van der Waals surface area contributed by atoms with E-state index < -0.39 is 0 Å². The van der Waals surface area contributed by atoms with Crippen LogP contribution in [-0.4, -0.2) is 6.54 Å². The van der Waals surface area contributed by atoms with Crippen molar-refractivity contribution in [1.29, 1.82) is 0 Å². The number of hydrogen-bond donors (Lipinski definition) is 0. The summed E-state index contributed by atoms with van der Waals surface area (Å²) in [7, 11) is 0. The zero-order valence-electron chi connectivity index (χ0n) is 16.8. The molecule has 2 aromatic carbocycles. The number of rotatable bonds is 1. The van der Waals surface area contributed by atoms with Crippen LogP contribution >= 0.6 is 46.3 Å². The lowest BCUT2D eigenvalue weighted by Crippen LogP contribution is -2.30. The molecule has 4 aliphatic rings. The fourth-order valence-electron chi connectivity index (χ4n) is 5.36. The molecule has 0 saturated carbocycles. The van der Waals surface area contributed by atoms with Crippen LogP contribution in [0.2, 0.25) is 10.0 Å². The molecule has 31 heavy (non-hydrogen) atoms. The zero-order valence-corrected chi connectivity index (χ0v) is 19.9. The van der Waals surface area contributed by atoms with E-state index in [1.54, 1.807) is 11.1 Å². The number of aryl methyl sites for hydroxylation is 1. The molecule has 0 fully saturated rings. The van der Waals surface area contributed by atoms with E-state index in [1.165, 1.54) is 42.0 Å². The van der Waals surface area contributed by atoms with Crippen molar-refractivity contribution in [2.24, 2.45) is 0 Å². The molecule has 2 nitrogen and oxygen atoms in total. The first kappa shape index (κ1) is 18.8. The van der Waals surface area contributed by atoms with E-state index in [0.29, 0.717) is 0 Å². The summed E-state index contributed by atoms with van der Waals surface area (Å²) in [4.78, 5) is 3.79. The minimum Gasteiger partial charge on any atom is -0.334 e. The van der Waals surface area contributed by atoms with E-state index >= 15 is 0 Å². The monoisotopic (exact) mass is 481 g/mol. The third-order valence-electron chi connectivity index (χ3n) is 6.80. The minimum atomic E-state index is 0.820. The van der Waals surface area contributed by atoms with Gasteiger partial charge in [-0.2, -0.15) is 4.57 Å². The highest BCUT2D eigenvalue weighted by molar-refractivity contribution is 8.03. The topological polar surface area (TPSA) is 7.12 Å². The van der Waals surface area contributed by atoms with E-state index in [-0.39, 0.29) is 0 Å². The Balaban J connectivity index is 1.28. The quantitative estimate of drug-likeness (QED) is 0.330. The molecule has 0 saturated heterocycles. The molecule has 1 aromatic heterocycles. The SMILES string of the molecule is Clc1ccc2c(c1)N1CCC(C3=CC(=C4CC[n+]5c4sc4ccc(Cl)cc45)CC3)=C1S2. The van der Waals surface area contributed by atoms with Gasteiger partial charge in [0.2, 0.25) is 5.52 Å². The zero-order chi connectivity index (χ0) is 20.7. The Morgan fingerprint density at radius 2 is 1.77 bits per heavy atom. The van der Waals surface area contributed by atoms with Crippen LogP contribution in [0.5, 0.6) is 0 Å². The summed E-state index contributed by atoms with van der Waals surface area (Å²) < 4.78 is 3.79. The van der Waals surface area contributed by atoms with Gasteiger partial charge in [0, 0.05) is 39.5 Å². The molecule has 0 N–H and O–H groups in total. The van der Waals surface area contributed by atoms with Crippen molar-refractivity contribution in [3.05, 3.63) is 79.3 Å². The molecular formula is C25H19Cl2N2S2+. The normalized spacial score (nSPS) is 21.9. The number of allylic oxidation sites excluding steroid dienone is 4. The lowest BCUT2D eigenvalue weighted by Gasteiger charge is -2.13. The largest absolute Gasteiger partial charge is 0.334 e. The fourth-order valence-corrected chi connectivity index (χ4v) is 8.24. The van der Waals surface area contributed by atoms with Gasteiger partial charge in [0.1, 0.15) is 4.70 Å². The van der Waals surface area contributed by atoms with Crippen LogP contribution in [0.3, 0.4) is 0 Å². The molecule has 0 atom stereocenters. The van der Waals surface area contributed by atoms with Crippen LogP contribution in [0, 0.1) is 0 Å². The summed E-state index contributed by atoms with van der Waals surface area (Å²) >= 11 is 16.4. The first-order chi connectivity index (χ1) is 15.2. The van der Waals surface area contributed by atoms with Crippen molar-refractivity contribution >= 4 is 67.8 Å². The molecule has 0 spiro atoms. The van der Waals surface area contributed by atoms with E-state index in [1.807, 2.05) is 35.2 Å². The molecule has 4 heterocycles. The number of anilines is 1. The van der Waals surface area contributed by atoms with Crippen molar-refractivity contribution in [2.75, 3.05) is 11.4 Å². The predicted molar refractivity (Wildman–Crippen MR) is 132 cm³/mol. The Morgan fingerprint density at radius 3 is 2.71 bits per heavy atom. The molecule has 0 amide bonds. The number of aromatic nitrogens is 1. The van der Waals surface area contributed by atoms with Crippen LogP contribution in [0.25, 0.3) is 15.8 Å². The summed E-state index contributed by atoms with van der Waals surface area (Å²) in [6.07, 6.45) is 7.07. The number of hydrogen-bond acceptors (Lipinski definition) is 3. The lowest BCUT2D eigenvalue weighted by atomic mass is 10.1. The summed E-state index contributed by atoms with van der Waals surface area (Å²) in [6, 6.07) is 12.5. The van der Waals surface area contributed by atoms with Crippen LogP contribution in [-0.2, 0) is 6.54 Å². The average Bonchev–Trinajstić information content (AvgIpc) is 3.54. The van der Waals surface area contributed by atoms with Gasteiger partial charge in [-0.1, -0.05) is 52.4 Å². The summed E-state index contributed by atoms with van der Waals surface area (Å²) in [6.45, 7) is 2.12. The molecular weight excluding hydrogens is 463 g/mol. The van der Waals surface area contributed by atoms with Crippen molar-refractivity contribution in [3.63, 3.8) is 0 Å². The second kappa shape index (κ2) is 6.89. The van der Waals surface area contributed by atoms with Crippen LogP contribution < -0.4 is 9.47 Å². The molecule has 3 aromatic rings. The highest BCUT2D eigenvalue weighted by Gasteiger charge is 2.36. The second-order valence-corrected chi connectivity index (χ2v) is 11.4. The molecule has 3 aliphatic heterocycles. The fraction of sp³-hybridized carbons (Fsp3) is 0.240.